The summed E-state index contributed by atoms with van der Waals surface area (Å²) < 4.78 is 31.8. The fourth-order valence-corrected chi connectivity index (χ4v) is 4.05. The van der Waals surface area contributed by atoms with Gasteiger partial charge in [-0.1, -0.05) is 6.07 Å². The Balaban J connectivity index is 2.06. The zero-order valence-corrected chi connectivity index (χ0v) is 12.8. The van der Waals surface area contributed by atoms with Crippen molar-refractivity contribution in [3.05, 3.63) is 30.1 Å². The van der Waals surface area contributed by atoms with E-state index in [1.54, 1.807) is 16.7 Å². The van der Waals surface area contributed by atoms with Gasteiger partial charge in [-0.25, -0.2) is 8.42 Å². The molecule has 1 aliphatic heterocycles. The van der Waals surface area contributed by atoms with Gasteiger partial charge in [0.05, 0.1) is 24.5 Å². The Morgan fingerprint density at radius 2 is 2.30 bits per heavy atom. The highest BCUT2D eigenvalue weighted by Crippen LogP contribution is 2.33. The standard InChI is InChI=1S/C14H22N2O3S/c1-12(2)19-9-10-20(17,18)16-8-4-6-14(16)13-5-3-7-15-11-13/h3,5,7,11-12,14H,4,6,8-10H2,1-2H3/t14-/m0/s1. The number of sulfonamides is 1. The van der Waals surface area contributed by atoms with Crippen LogP contribution in [0, 0.1) is 0 Å². The van der Waals surface area contributed by atoms with E-state index in [4.69, 9.17) is 4.74 Å². The molecular formula is C14H22N2O3S. The summed E-state index contributed by atoms with van der Waals surface area (Å²) in [6, 6.07) is 3.71. The lowest BCUT2D eigenvalue weighted by molar-refractivity contribution is 0.0906. The topological polar surface area (TPSA) is 59.5 Å². The highest BCUT2D eigenvalue weighted by molar-refractivity contribution is 7.89. The van der Waals surface area contributed by atoms with E-state index < -0.39 is 10.0 Å². The first-order valence-corrected chi connectivity index (χ1v) is 8.62. The number of hydrogen-bond donors (Lipinski definition) is 0. The SMILES string of the molecule is CC(C)OCCS(=O)(=O)N1CCC[C@H]1c1cccnc1. The van der Waals surface area contributed by atoms with Crippen LogP contribution in [0.15, 0.2) is 24.5 Å². The van der Waals surface area contributed by atoms with Gasteiger partial charge in [-0.3, -0.25) is 4.98 Å². The van der Waals surface area contributed by atoms with Crippen LogP contribution in [0.1, 0.15) is 38.3 Å². The summed E-state index contributed by atoms with van der Waals surface area (Å²) in [5.74, 6) is 0.0436. The van der Waals surface area contributed by atoms with Crippen molar-refractivity contribution >= 4 is 10.0 Å². The van der Waals surface area contributed by atoms with Gasteiger partial charge in [0.15, 0.2) is 0 Å². The van der Waals surface area contributed by atoms with Crippen LogP contribution >= 0.6 is 0 Å². The third-order valence-corrected chi connectivity index (χ3v) is 5.26. The smallest absolute Gasteiger partial charge is 0.216 e. The van der Waals surface area contributed by atoms with E-state index in [1.807, 2.05) is 26.0 Å². The zero-order chi connectivity index (χ0) is 14.6. The molecule has 0 saturated carbocycles. The second-order valence-electron chi connectivity index (χ2n) is 5.29. The molecule has 0 bridgehead atoms. The lowest BCUT2D eigenvalue weighted by atomic mass is 10.1. The normalized spacial score (nSPS) is 20.6. The van der Waals surface area contributed by atoms with Gasteiger partial charge in [-0.2, -0.15) is 4.31 Å². The van der Waals surface area contributed by atoms with Crippen molar-refractivity contribution in [2.45, 2.75) is 38.8 Å². The maximum absolute atomic E-state index is 12.4. The predicted molar refractivity (Wildman–Crippen MR) is 77.8 cm³/mol. The van der Waals surface area contributed by atoms with E-state index in [9.17, 15) is 8.42 Å². The van der Waals surface area contributed by atoms with Crippen LogP contribution in [-0.4, -0.2) is 42.7 Å². The van der Waals surface area contributed by atoms with E-state index >= 15 is 0 Å². The molecule has 0 unspecified atom stereocenters. The molecule has 0 N–H and O–H groups in total. The molecule has 0 spiro atoms. The summed E-state index contributed by atoms with van der Waals surface area (Å²) in [6.07, 6.45) is 5.26. The van der Waals surface area contributed by atoms with E-state index in [1.165, 1.54) is 0 Å². The van der Waals surface area contributed by atoms with Crippen LogP contribution < -0.4 is 0 Å². The number of rotatable bonds is 6. The first-order valence-electron chi connectivity index (χ1n) is 7.02. The molecule has 1 fully saturated rings. The molecule has 1 saturated heterocycles. The maximum Gasteiger partial charge on any atom is 0.216 e. The average molecular weight is 298 g/mol. The van der Waals surface area contributed by atoms with Gasteiger partial charge < -0.3 is 4.74 Å². The second kappa shape index (κ2) is 6.65. The van der Waals surface area contributed by atoms with Crippen LogP contribution in [0.4, 0.5) is 0 Å². The summed E-state index contributed by atoms with van der Waals surface area (Å²) in [4.78, 5) is 4.08. The molecule has 0 amide bonds. The Kier molecular flexibility index (Phi) is 5.12. The Morgan fingerprint density at radius 1 is 1.50 bits per heavy atom. The van der Waals surface area contributed by atoms with Crippen LogP contribution in [-0.2, 0) is 14.8 Å². The summed E-state index contributed by atoms with van der Waals surface area (Å²) >= 11 is 0. The van der Waals surface area contributed by atoms with Crippen molar-refractivity contribution in [1.29, 1.82) is 0 Å². The van der Waals surface area contributed by atoms with Crippen LogP contribution in [0.3, 0.4) is 0 Å². The molecule has 1 aromatic heterocycles. The third-order valence-electron chi connectivity index (χ3n) is 3.42. The quantitative estimate of drug-likeness (QED) is 0.805. The zero-order valence-electron chi connectivity index (χ0n) is 12.0. The van der Waals surface area contributed by atoms with Gasteiger partial charge in [-0.15, -0.1) is 0 Å². The molecule has 5 nitrogen and oxygen atoms in total. The summed E-state index contributed by atoms with van der Waals surface area (Å²) in [5.41, 5.74) is 0.971. The molecule has 2 heterocycles. The molecule has 1 aromatic rings. The van der Waals surface area contributed by atoms with Crippen LogP contribution in [0.5, 0.6) is 0 Å². The molecule has 0 radical (unpaired) electrons. The van der Waals surface area contributed by atoms with Crippen molar-refractivity contribution in [2.75, 3.05) is 18.9 Å². The van der Waals surface area contributed by atoms with Crippen molar-refractivity contribution in [1.82, 2.24) is 9.29 Å². The van der Waals surface area contributed by atoms with Gasteiger partial charge >= 0.3 is 0 Å². The number of ether oxygens (including phenoxy) is 1. The molecule has 112 valence electrons. The monoisotopic (exact) mass is 298 g/mol. The Labute approximate surface area is 121 Å². The van der Waals surface area contributed by atoms with Crippen molar-refractivity contribution in [3.8, 4) is 0 Å². The number of hydrogen-bond acceptors (Lipinski definition) is 4. The fraction of sp³-hybridized carbons (Fsp3) is 0.643. The first-order chi connectivity index (χ1) is 9.50. The number of pyridine rings is 1. The molecule has 2 rings (SSSR count). The van der Waals surface area contributed by atoms with E-state index in [0.717, 1.165) is 18.4 Å². The van der Waals surface area contributed by atoms with E-state index in [-0.39, 0.29) is 24.5 Å². The van der Waals surface area contributed by atoms with Gasteiger partial charge in [0.1, 0.15) is 0 Å². The summed E-state index contributed by atoms with van der Waals surface area (Å²) in [6.45, 7) is 4.64. The average Bonchev–Trinajstić information content (AvgIpc) is 2.89. The van der Waals surface area contributed by atoms with Crippen molar-refractivity contribution in [2.24, 2.45) is 0 Å². The Hall–Kier alpha value is -0.980. The summed E-state index contributed by atoms with van der Waals surface area (Å²) in [7, 11) is -3.27. The number of nitrogens with zero attached hydrogens (tertiary/aromatic N) is 2. The lowest BCUT2D eigenvalue weighted by Gasteiger charge is -2.24. The molecule has 1 atom stereocenters. The van der Waals surface area contributed by atoms with Crippen LogP contribution in [0.25, 0.3) is 0 Å². The molecule has 1 aliphatic rings. The minimum Gasteiger partial charge on any atom is -0.378 e. The van der Waals surface area contributed by atoms with E-state index in [0.29, 0.717) is 6.54 Å². The fourth-order valence-electron chi connectivity index (χ4n) is 2.49. The van der Waals surface area contributed by atoms with E-state index in [2.05, 4.69) is 4.98 Å². The third kappa shape index (κ3) is 3.77. The van der Waals surface area contributed by atoms with Gasteiger partial charge in [0.25, 0.3) is 0 Å². The van der Waals surface area contributed by atoms with Crippen molar-refractivity contribution < 1.29 is 13.2 Å². The van der Waals surface area contributed by atoms with Crippen molar-refractivity contribution in [3.63, 3.8) is 0 Å². The predicted octanol–water partition coefficient (Wildman–Crippen LogP) is 1.97. The minimum atomic E-state index is -3.27. The summed E-state index contributed by atoms with van der Waals surface area (Å²) in [5, 5.41) is 0. The van der Waals surface area contributed by atoms with Crippen LogP contribution in [0.2, 0.25) is 0 Å². The second-order valence-corrected chi connectivity index (χ2v) is 7.33. The Bertz CT molecular complexity index is 516. The number of aromatic nitrogens is 1. The molecule has 0 aromatic carbocycles. The molecule has 6 heteroatoms. The first kappa shape index (κ1) is 15.4. The van der Waals surface area contributed by atoms with Gasteiger partial charge in [0, 0.05) is 18.9 Å². The molecular weight excluding hydrogens is 276 g/mol. The van der Waals surface area contributed by atoms with Gasteiger partial charge in [0.2, 0.25) is 10.0 Å². The minimum absolute atomic E-state index is 0.0436. The van der Waals surface area contributed by atoms with Gasteiger partial charge in [-0.05, 0) is 38.3 Å². The largest absolute Gasteiger partial charge is 0.378 e. The highest BCUT2D eigenvalue weighted by atomic mass is 32.2. The Morgan fingerprint density at radius 3 is 2.95 bits per heavy atom. The molecule has 0 aliphatic carbocycles. The lowest BCUT2D eigenvalue weighted by Crippen LogP contribution is -2.34. The molecule has 20 heavy (non-hydrogen) atoms. The maximum atomic E-state index is 12.4. The highest BCUT2D eigenvalue weighted by Gasteiger charge is 2.34.